The van der Waals surface area contributed by atoms with E-state index in [0.717, 1.165) is 0 Å². The lowest BCUT2D eigenvalue weighted by molar-refractivity contribution is 0.927. The first kappa shape index (κ1) is 7.96. The molecule has 0 fully saturated rings. The number of halogens is 2. The summed E-state index contributed by atoms with van der Waals surface area (Å²) in [6.45, 7) is 10.9. The second kappa shape index (κ2) is 2.48. The highest BCUT2D eigenvalue weighted by atomic mass is 35.5. The Balaban J connectivity index is 3.44. The van der Waals surface area contributed by atoms with Gasteiger partial charge in [0.15, 0.2) is 0 Å². The third-order valence-electron chi connectivity index (χ3n) is 1.32. The molecular weight excluding hydrogens is 169 g/mol. The number of hydrogen-bond acceptors (Lipinski definition) is 0. The van der Waals surface area contributed by atoms with E-state index >= 15 is 0 Å². The molecule has 0 atom stereocenters. The van der Waals surface area contributed by atoms with E-state index in [2.05, 4.69) is 0 Å². The molecule has 0 aliphatic carbocycles. The summed E-state index contributed by atoms with van der Waals surface area (Å²) in [6.07, 6.45) is 0. The maximum atomic E-state index is 5.68. The average molecular weight is 174 g/mol. The minimum atomic E-state index is 0.342. The third kappa shape index (κ3) is 0.938. The molecule has 4 radical (unpaired) electrons. The van der Waals surface area contributed by atoms with Gasteiger partial charge in [-0.25, -0.2) is 0 Å². The average Bonchev–Trinajstić information content (AvgIpc) is 2.07. The Bertz CT molecular complexity index is 183. The molecule has 0 unspecified atom stereocenters. The predicted molar refractivity (Wildman–Crippen MR) is 42.2 cm³/mol. The molecule has 0 spiro atoms. The minimum absolute atomic E-state index is 0.342. The molecule has 0 N–H and O–H groups in total. The summed E-state index contributed by atoms with van der Waals surface area (Å²) in [7, 11) is 1.69. The molecule has 1 nitrogen and oxygen atoms in total. The lowest BCUT2D eigenvalue weighted by Crippen LogP contribution is -1.85. The molecule has 3 heteroatoms. The van der Waals surface area contributed by atoms with Gasteiger partial charge >= 0.3 is 0 Å². The SMILES string of the molecule is [CH]c1c([CH])c(Cl)n(C)c1Cl. The standard InChI is InChI=1S/C7H5Cl2N/c1-4-5(2)7(9)10(3)6(4)8/h1-2H,3H3. The zero-order valence-electron chi connectivity index (χ0n) is 5.36. The van der Waals surface area contributed by atoms with Gasteiger partial charge in [0, 0.05) is 20.9 Å². The van der Waals surface area contributed by atoms with Gasteiger partial charge in [-0.3, -0.25) is 0 Å². The Hall–Kier alpha value is -0.140. The van der Waals surface area contributed by atoms with Gasteiger partial charge < -0.3 is 4.57 Å². The quantitative estimate of drug-likeness (QED) is 0.569. The van der Waals surface area contributed by atoms with E-state index in [1.165, 1.54) is 4.57 Å². The Kier molecular flexibility index (Phi) is 1.97. The van der Waals surface area contributed by atoms with Crippen molar-refractivity contribution in [2.75, 3.05) is 0 Å². The molecular formula is C7H5Cl2N. The molecule has 0 saturated carbocycles. The fraction of sp³-hybridized carbons (Fsp3) is 0.143. The van der Waals surface area contributed by atoms with Gasteiger partial charge in [-0.15, -0.1) is 0 Å². The number of nitrogens with zero attached hydrogens (tertiary/aromatic N) is 1. The molecule has 1 aromatic heterocycles. The van der Waals surface area contributed by atoms with E-state index in [4.69, 9.17) is 37.0 Å². The molecule has 0 aromatic carbocycles. The Morgan fingerprint density at radius 2 is 1.40 bits per heavy atom. The summed E-state index contributed by atoms with van der Waals surface area (Å²) in [4.78, 5) is 0. The van der Waals surface area contributed by atoms with E-state index in [1.807, 2.05) is 0 Å². The summed E-state index contributed by atoms with van der Waals surface area (Å²) in [6, 6.07) is 0. The van der Waals surface area contributed by atoms with Crippen molar-refractivity contribution in [2.45, 2.75) is 0 Å². The van der Waals surface area contributed by atoms with E-state index in [9.17, 15) is 0 Å². The van der Waals surface area contributed by atoms with Crippen molar-refractivity contribution in [3.63, 3.8) is 0 Å². The number of rotatable bonds is 0. The zero-order valence-corrected chi connectivity index (χ0v) is 6.87. The molecule has 1 heterocycles. The maximum Gasteiger partial charge on any atom is 0.113 e. The first-order valence-electron chi connectivity index (χ1n) is 2.60. The normalized spacial score (nSPS) is 10.5. The van der Waals surface area contributed by atoms with Gasteiger partial charge in [0.1, 0.15) is 10.3 Å². The van der Waals surface area contributed by atoms with Gasteiger partial charge in [0.2, 0.25) is 0 Å². The minimum Gasteiger partial charge on any atom is -0.325 e. The molecule has 0 bridgehead atoms. The van der Waals surface area contributed by atoms with E-state index in [0.29, 0.717) is 21.4 Å². The zero-order chi connectivity index (χ0) is 7.89. The molecule has 0 aliphatic heterocycles. The first-order chi connectivity index (χ1) is 4.55. The van der Waals surface area contributed by atoms with Crippen LogP contribution in [0.4, 0.5) is 0 Å². The van der Waals surface area contributed by atoms with Crippen molar-refractivity contribution in [2.24, 2.45) is 7.05 Å². The summed E-state index contributed by atoms with van der Waals surface area (Å²) in [5.41, 5.74) is 0.684. The van der Waals surface area contributed by atoms with E-state index < -0.39 is 0 Å². The molecule has 1 aromatic rings. The maximum absolute atomic E-state index is 5.68. The van der Waals surface area contributed by atoms with Crippen molar-refractivity contribution >= 4 is 23.2 Å². The fourth-order valence-corrected chi connectivity index (χ4v) is 1.09. The number of aromatic nitrogens is 1. The van der Waals surface area contributed by atoms with E-state index in [-0.39, 0.29) is 0 Å². The largest absolute Gasteiger partial charge is 0.325 e. The molecule has 0 amide bonds. The summed E-state index contributed by atoms with van der Waals surface area (Å²) in [5.74, 6) is 0. The van der Waals surface area contributed by atoms with Crippen LogP contribution in [0.3, 0.4) is 0 Å². The lowest BCUT2D eigenvalue weighted by Gasteiger charge is -1.93. The molecule has 1 rings (SSSR count). The van der Waals surface area contributed by atoms with Crippen LogP contribution >= 0.6 is 23.2 Å². The van der Waals surface area contributed by atoms with Crippen molar-refractivity contribution < 1.29 is 0 Å². The third-order valence-corrected chi connectivity index (χ3v) is 2.24. The highest BCUT2D eigenvalue weighted by molar-refractivity contribution is 6.35. The van der Waals surface area contributed by atoms with Crippen molar-refractivity contribution in [1.82, 2.24) is 4.57 Å². The Morgan fingerprint density at radius 3 is 1.50 bits per heavy atom. The highest BCUT2D eigenvalue weighted by Crippen LogP contribution is 2.27. The molecule has 10 heavy (non-hydrogen) atoms. The van der Waals surface area contributed by atoms with Crippen molar-refractivity contribution in [3.8, 4) is 0 Å². The van der Waals surface area contributed by atoms with Gasteiger partial charge in [-0.1, -0.05) is 23.2 Å². The van der Waals surface area contributed by atoms with Crippen LogP contribution in [-0.4, -0.2) is 4.57 Å². The summed E-state index contributed by atoms with van der Waals surface area (Å²) < 4.78 is 1.52. The van der Waals surface area contributed by atoms with Crippen LogP contribution < -0.4 is 0 Å². The molecule has 0 saturated heterocycles. The van der Waals surface area contributed by atoms with Crippen LogP contribution in [0.25, 0.3) is 0 Å². The van der Waals surface area contributed by atoms with Crippen LogP contribution in [-0.2, 0) is 7.05 Å². The monoisotopic (exact) mass is 173 g/mol. The number of hydrogen-bond donors (Lipinski definition) is 0. The second-order valence-electron chi connectivity index (χ2n) is 1.97. The smallest absolute Gasteiger partial charge is 0.113 e. The molecule has 0 aliphatic rings. The van der Waals surface area contributed by atoms with E-state index in [1.54, 1.807) is 7.05 Å². The van der Waals surface area contributed by atoms with Crippen molar-refractivity contribution in [1.29, 1.82) is 0 Å². The first-order valence-corrected chi connectivity index (χ1v) is 3.36. The Morgan fingerprint density at radius 1 is 1.10 bits per heavy atom. The van der Waals surface area contributed by atoms with Crippen LogP contribution in [0.5, 0.6) is 0 Å². The van der Waals surface area contributed by atoms with Crippen molar-refractivity contribution in [3.05, 3.63) is 35.3 Å². The van der Waals surface area contributed by atoms with Crippen LogP contribution in [0, 0.1) is 13.8 Å². The Labute approximate surface area is 70.6 Å². The summed E-state index contributed by atoms with van der Waals surface area (Å²) >= 11 is 11.4. The fourth-order valence-electron chi connectivity index (χ4n) is 0.670. The lowest BCUT2D eigenvalue weighted by atomic mass is 10.2. The van der Waals surface area contributed by atoms with Crippen LogP contribution in [0.1, 0.15) is 11.1 Å². The van der Waals surface area contributed by atoms with Gasteiger partial charge in [0.25, 0.3) is 0 Å². The van der Waals surface area contributed by atoms with Gasteiger partial charge in [0.05, 0.1) is 0 Å². The second-order valence-corrected chi connectivity index (χ2v) is 2.68. The van der Waals surface area contributed by atoms with Crippen LogP contribution in [0.2, 0.25) is 10.3 Å². The summed E-state index contributed by atoms with van der Waals surface area (Å²) in [5, 5.41) is 0.755. The van der Waals surface area contributed by atoms with Gasteiger partial charge in [-0.2, -0.15) is 0 Å². The topological polar surface area (TPSA) is 4.93 Å². The predicted octanol–water partition coefficient (Wildman–Crippen LogP) is 2.45. The molecule has 52 valence electrons. The highest BCUT2D eigenvalue weighted by Gasteiger charge is 2.10. The van der Waals surface area contributed by atoms with Crippen LogP contribution in [0.15, 0.2) is 0 Å². The van der Waals surface area contributed by atoms with Gasteiger partial charge in [-0.05, 0) is 11.1 Å².